The molecule has 3 heterocycles. The number of ether oxygens (including phenoxy) is 1. The van der Waals surface area contributed by atoms with Gasteiger partial charge in [0.1, 0.15) is 5.75 Å². The maximum absolute atomic E-state index is 13.2. The molecule has 1 aliphatic rings. The van der Waals surface area contributed by atoms with Gasteiger partial charge < -0.3 is 14.4 Å². The van der Waals surface area contributed by atoms with E-state index in [4.69, 9.17) is 16.3 Å². The summed E-state index contributed by atoms with van der Waals surface area (Å²) < 4.78 is 8.96. The number of carbonyl (C=O) groups is 1. The molecular formula is C27H26ClN5O2S. The molecule has 4 aromatic rings. The van der Waals surface area contributed by atoms with Gasteiger partial charge in [-0.2, -0.15) is 0 Å². The van der Waals surface area contributed by atoms with Crippen LogP contribution in [0.5, 0.6) is 5.75 Å². The molecule has 0 unspecified atom stereocenters. The van der Waals surface area contributed by atoms with E-state index in [-0.39, 0.29) is 5.91 Å². The number of fused-ring (bicyclic) bond motifs is 1. The molecule has 2 aromatic carbocycles. The molecule has 0 saturated carbocycles. The lowest BCUT2D eigenvalue weighted by Crippen LogP contribution is -2.48. The minimum Gasteiger partial charge on any atom is -0.495 e. The van der Waals surface area contributed by atoms with Crippen molar-refractivity contribution in [1.82, 2.24) is 19.8 Å². The molecule has 0 aliphatic carbocycles. The molecule has 9 heteroatoms. The molecule has 1 aliphatic heterocycles. The molecule has 2 aromatic heterocycles. The van der Waals surface area contributed by atoms with Crippen molar-refractivity contribution in [2.45, 2.75) is 11.4 Å². The summed E-state index contributed by atoms with van der Waals surface area (Å²) in [6, 6.07) is 17.5. The van der Waals surface area contributed by atoms with Crippen LogP contribution in [-0.4, -0.2) is 59.0 Å². The first-order chi connectivity index (χ1) is 17.6. The van der Waals surface area contributed by atoms with Crippen molar-refractivity contribution in [2.75, 3.05) is 38.0 Å². The molecule has 5 rings (SSSR count). The Morgan fingerprint density at radius 1 is 1.08 bits per heavy atom. The Morgan fingerprint density at radius 3 is 2.72 bits per heavy atom. The standard InChI is InChI=1S/C27H26ClN5O2S/c1-35-24-15-21(7-8-23(24)31-36-25-6-2-4-20-5-3-9-30-26(20)25)27(34)33-12-10-32(11-13-33)18-19-14-22(28)17-29-16-19/h2-9,14-17,31H,10-13,18H2,1H3. The van der Waals surface area contributed by atoms with E-state index in [1.165, 1.54) is 11.9 Å². The van der Waals surface area contributed by atoms with Crippen molar-refractivity contribution in [2.24, 2.45) is 0 Å². The monoisotopic (exact) mass is 519 g/mol. The summed E-state index contributed by atoms with van der Waals surface area (Å²) in [5.74, 6) is 0.628. The highest BCUT2D eigenvalue weighted by Gasteiger charge is 2.23. The van der Waals surface area contributed by atoms with E-state index < -0.39 is 0 Å². The zero-order valence-corrected chi connectivity index (χ0v) is 21.4. The maximum Gasteiger partial charge on any atom is 0.254 e. The molecule has 7 nitrogen and oxygen atoms in total. The molecular weight excluding hydrogens is 494 g/mol. The number of rotatable bonds is 7. The van der Waals surface area contributed by atoms with Crippen LogP contribution in [0.2, 0.25) is 5.02 Å². The van der Waals surface area contributed by atoms with Gasteiger partial charge in [0, 0.05) is 62.3 Å². The van der Waals surface area contributed by atoms with Crippen LogP contribution in [0.25, 0.3) is 10.9 Å². The highest BCUT2D eigenvalue weighted by molar-refractivity contribution is 8.00. The minimum atomic E-state index is 0.00910. The van der Waals surface area contributed by atoms with Gasteiger partial charge in [0.05, 0.1) is 28.2 Å². The highest BCUT2D eigenvalue weighted by Crippen LogP contribution is 2.33. The van der Waals surface area contributed by atoms with Crippen LogP contribution >= 0.6 is 23.5 Å². The molecule has 0 radical (unpaired) electrons. The van der Waals surface area contributed by atoms with Crippen LogP contribution in [0, 0.1) is 0 Å². The van der Waals surface area contributed by atoms with E-state index in [9.17, 15) is 4.79 Å². The Kier molecular flexibility index (Phi) is 7.55. The summed E-state index contributed by atoms with van der Waals surface area (Å²) in [7, 11) is 1.61. The van der Waals surface area contributed by atoms with E-state index in [0.29, 0.717) is 29.4 Å². The van der Waals surface area contributed by atoms with Gasteiger partial charge in [0.2, 0.25) is 0 Å². The van der Waals surface area contributed by atoms with Crippen molar-refractivity contribution in [3.63, 3.8) is 0 Å². The molecule has 36 heavy (non-hydrogen) atoms. The number of nitrogens with one attached hydrogen (secondary N) is 1. The quantitative estimate of drug-likeness (QED) is 0.329. The number of halogens is 1. The van der Waals surface area contributed by atoms with Gasteiger partial charge in [0.15, 0.2) is 0 Å². The predicted molar refractivity (Wildman–Crippen MR) is 145 cm³/mol. The van der Waals surface area contributed by atoms with Crippen molar-refractivity contribution >= 4 is 46.0 Å². The number of nitrogens with zero attached hydrogens (tertiary/aromatic N) is 4. The molecule has 0 atom stereocenters. The molecule has 1 N–H and O–H groups in total. The first-order valence-electron chi connectivity index (χ1n) is 11.7. The van der Waals surface area contributed by atoms with Gasteiger partial charge >= 0.3 is 0 Å². The van der Waals surface area contributed by atoms with Crippen LogP contribution in [-0.2, 0) is 6.54 Å². The van der Waals surface area contributed by atoms with Gasteiger partial charge in [-0.1, -0.05) is 29.8 Å². The van der Waals surface area contributed by atoms with Crippen molar-refractivity contribution < 1.29 is 9.53 Å². The van der Waals surface area contributed by atoms with Crippen molar-refractivity contribution in [3.8, 4) is 5.75 Å². The number of amides is 1. The molecule has 0 bridgehead atoms. The second-order valence-corrected chi connectivity index (χ2v) is 9.81. The highest BCUT2D eigenvalue weighted by atomic mass is 35.5. The van der Waals surface area contributed by atoms with Crippen LogP contribution in [0.3, 0.4) is 0 Å². The third kappa shape index (κ3) is 5.56. The number of hydrogen-bond donors (Lipinski definition) is 1. The average Bonchev–Trinajstić information content (AvgIpc) is 2.92. The Labute approximate surface area is 219 Å². The fourth-order valence-corrected chi connectivity index (χ4v) is 5.27. The van der Waals surface area contributed by atoms with Crippen LogP contribution < -0.4 is 9.46 Å². The number of methoxy groups -OCH3 is 1. The zero-order chi connectivity index (χ0) is 24.9. The number of piperazine rings is 1. The first kappa shape index (κ1) is 24.4. The van der Waals surface area contributed by atoms with Gasteiger partial charge in [-0.3, -0.25) is 19.7 Å². The Bertz CT molecular complexity index is 1370. The Morgan fingerprint density at radius 2 is 1.92 bits per heavy atom. The molecule has 184 valence electrons. The summed E-state index contributed by atoms with van der Waals surface area (Å²) in [4.78, 5) is 27.1. The lowest BCUT2D eigenvalue weighted by atomic mass is 10.1. The van der Waals surface area contributed by atoms with Gasteiger partial charge in [0.25, 0.3) is 5.91 Å². The van der Waals surface area contributed by atoms with Crippen LogP contribution in [0.4, 0.5) is 5.69 Å². The van der Waals surface area contributed by atoms with E-state index in [1.807, 2.05) is 59.6 Å². The van der Waals surface area contributed by atoms with E-state index in [0.717, 1.165) is 46.7 Å². The number of hydrogen-bond acceptors (Lipinski definition) is 7. The van der Waals surface area contributed by atoms with E-state index in [1.54, 1.807) is 25.6 Å². The summed E-state index contributed by atoms with van der Waals surface area (Å²) in [6.45, 7) is 3.70. The minimum absolute atomic E-state index is 0.00910. The summed E-state index contributed by atoms with van der Waals surface area (Å²) in [5, 5.41) is 1.72. The number of para-hydroxylation sites is 1. The van der Waals surface area contributed by atoms with Gasteiger partial charge in [-0.05, 0) is 53.9 Å². The third-order valence-corrected chi connectivity index (χ3v) is 7.22. The lowest BCUT2D eigenvalue weighted by Gasteiger charge is -2.34. The van der Waals surface area contributed by atoms with Crippen LogP contribution in [0.1, 0.15) is 15.9 Å². The number of benzene rings is 2. The van der Waals surface area contributed by atoms with E-state index >= 15 is 0 Å². The predicted octanol–water partition coefficient (Wildman–Crippen LogP) is 5.37. The van der Waals surface area contributed by atoms with Gasteiger partial charge in [-0.15, -0.1) is 0 Å². The fourth-order valence-electron chi connectivity index (χ4n) is 4.27. The van der Waals surface area contributed by atoms with Crippen molar-refractivity contribution in [1.29, 1.82) is 0 Å². The normalized spacial score (nSPS) is 14.1. The average molecular weight is 520 g/mol. The topological polar surface area (TPSA) is 70.6 Å². The fraction of sp³-hybridized carbons (Fsp3) is 0.222. The SMILES string of the molecule is COc1cc(C(=O)N2CCN(Cc3cncc(Cl)c3)CC2)ccc1NSc1cccc2cccnc12. The molecule has 0 spiro atoms. The number of pyridine rings is 2. The molecule has 1 fully saturated rings. The summed E-state index contributed by atoms with van der Waals surface area (Å²) >= 11 is 7.52. The smallest absolute Gasteiger partial charge is 0.254 e. The van der Waals surface area contributed by atoms with Crippen molar-refractivity contribution in [3.05, 3.63) is 89.3 Å². The summed E-state index contributed by atoms with van der Waals surface area (Å²) in [6.07, 6.45) is 5.26. The first-order valence-corrected chi connectivity index (χ1v) is 12.9. The van der Waals surface area contributed by atoms with Gasteiger partial charge in [-0.25, -0.2) is 0 Å². The number of anilines is 1. The Hall–Kier alpha value is -3.33. The molecule has 1 amide bonds. The third-order valence-electron chi connectivity index (χ3n) is 6.14. The summed E-state index contributed by atoms with van der Waals surface area (Å²) in [5.41, 5.74) is 3.43. The van der Waals surface area contributed by atoms with E-state index in [2.05, 4.69) is 19.6 Å². The number of aromatic nitrogens is 2. The lowest BCUT2D eigenvalue weighted by molar-refractivity contribution is 0.0628. The zero-order valence-electron chi connectivity index (χ0n) is 19.9. The number of carbonyl (C=O) groups excluding carboxylic acids is 1. The Balaban J connectivity index is 1.21. The molecule has 1 saturated heterocycles. The second kappa shape index (κ2) is 11.2. The van der Waals surface area contributed by atoms with Crippen LogP contribution in [0.15, 0.2) is 78.1 Å². The largest absolute Gasteiger partial charge is 0.495 e. The second-order valence-electron chi connectivity index (χ2n) is 8.53. The maximum atomic E-state index is 13.2.